The number of nitrogens with zero attached hydrogens (tertiary/aromatic N) is 1. The van der Waals surface area contributed by atoms with E-state index in [1.54, 1.807) is 0 Å². The minimum absolute atomic E-state index is 0.444. The fourth-order valence-corrected chi connectivity index (χ4v) is 2.77. The zero-order valence-electron chi connectivity index (χ0n) is 14.2. The first-order valence-corrected chi connectivity index (χ1v) is 9.80. The van der Waals surface area contributed by atoms with E-state index in [0.717, 1.165) is 32.1 Å². The first-order chi connectivity index (χ1) is 11.1. The number of carbonyl (C=O) groups is 1. The third kappa shape index (κ3) is 15.1. The maximum absolute atomic E-state index is 11.3. The minimum atomic E-state index is -0.617. The molecule has 1 unspecified atom stereocenters. The summed E-state index contributed by atoms with van der Waals surface area (Å²) in [5.74, 6) is -0.444. The van der Waals surface area contributed by atoms with E-state index in [-0.39, 0.29) is 0 Å². The Balaban J connectivity index is 3.39. The van der Waals surface area contributed by atoms with Crippen LogP contribution < -0.4 is 0 Å². The maximum Gasteiger partial charge on any atom is 0.270 e. The van der Waals surface area contributed by atoms with Gasteiger partial charge in [0.05, 0.1) is 0 Å². The molecule has 0 heterocycles. The van der Waals surface area contributed by atoms with Crippen LogP contribution in [0.4, 0.5) is 0 Å². The monoisotopic (exact) mass is 381 g/mol. The Morgan fingerprint density at radius 1 is 0.913 bits per heavy atom. The van der Waals surface area contributed by atoms with Crippen LogP contribution in [0, 0.1) is 0 Å². The highest BCUT2D eigenvalue weighted by Gasteiger charge is 2.19. The third-order valence-electron chi connectivity index (χ3n) is 3.59. The standard InChI is InChI=1S/C18H30Cl3NO/c1-2-3-4-5-6-7-8-9-10-11-12-13-14-15-16-17(19)18(23)22(20)21/h6-7,9-10,17H,2-5,8,11-16H2,1H3/b7-6-,10-9-. The molecule has 0 aliphatic carbocycles. The number of rotatable bonds is 14. The maximum atomic E-state index is 11.3. The van der Waals surface area contributed by atoms with E-state index in [9.17, 15) is 4.79 Å². The number of allylic oxidation sites excluding steroid dienone is 4. The van der Waals surface area contributed by atoms with Gasteiger partial charge in [0, 0.05) is 23.6 Å². The number of hydrogen-bond acceptors (Lipinski definition) is 1. The van der Waals surface area contributed by atoms with Crippen molar-refractivity contribution in [2.75, 3.05) is 0 Å². The zero-order chi connectivity index (χ0) is 17.3. The average Bonchev–Trinajstić information content (AvgIpc) is 2.54. The molecule has 0 fully saturated rings. The molecule has 0 saturated heterocycles. The summed E-state index contributed by atoms with van der Waals surface area (Å²) in [7, 11) is 0. The van der Waals surface area contributed by atoms with Crippen LogP contribution in [0.3, 0.4) is 0 Å². The van der Waals surface area contributed by atoms with E-state index in [1.807, 2.05) is 0 Å². The molecule has 0 aromatic carbocycles. The summed E-state index contributed by atoms with van der Waals surface area (Å²) < 4.78 is 0.515. The van der Waals surface area contributed by atoms with Crippen molar-refractivity contribution in [2.45, 2.75) is 82.9 Å². The van der Waals surface area contributed by atoms with Crippen molar-refractivity contribution < 1.29 is 4.79 Å². The van der Waals surface area contributed by atoms with Crippen molar-refractivity contribution in [1.29, 1.82) is 0 Å². The highest BCUT2D eigenvalue weighted by molar-refractivity contribution is 6.45. The molecule has 0 rings (SSSR count). The SMILES string of the molecule is CCCCC/C=C\C/C=C\CCCCCCC(Cl)C(=O)N(Cl)Cl. The lowest BCUT2D eigenvalue weighted by atomic mass is 10.1. The van der Waals surface area contributed by atoms with E-state index >= 15 is 0 Å². The van der Waals surface area contributed by atoms with Crippen molar-refractivity contribution >= 4 is 41.1 Å². The Morgan fingerprint density at radius 2 is 1.48 bits per heavy atom. The Morgan fingerprint density at radius 3 is 2.04 bits per heavy atom. The number of alkyl halides is 1. The minimum Gasteiger partial charge on any atom is -0.270 e. The van der Waals surface area contributed by atoms with Gasteiger partial charge in [0.1, 0.15) is 5.38 Å². The van der Waals surface area contributed by atoms with E-state index < -0.39 is 11.3 Å². The smallest absolute Gasteiger partial charge is 0.270 e. The van der Waals surface area contributed by atoms with Crippen LogP contribution in [0.1, 0.15) is 77.6 Å². The van der Waals surface area contributed by atoms with Gasteiger partial charge in [-0.3, -0.25) is 4.79 Å². The average molecular weight is 383 g/mol. The molecular weight excluding hydrogens is 353 g/mol. The van der Waals surface area contributed by atoms with Gasteiger partial charge in [0.15, 0.2) is 0 Å². The topological polar surface area (TPSA) is 20.3 Å². The van der Waals surface area contributed by atoms with Crippen LogP contribution >= 0.6 is 35.2 Å². The number of carbonyl (C=O) groups excluding carboxylic acids is 1. The van der Waals surface area contributed by atoms with Crippen LogP contribution in [0.2, 0.25) is 0 Å². The fraction of sp³-hybridized carbons (Fsp3) is 0.722. The third-order valence-corrected chi connectivity index (χ3v) is 4.33. The molecular formula is C18H30Cl3NO. The Hall–Kier alpha value is -0.180. The Bertz CT molecular complexity index is 343. The molecule has 0 aliphatic rings. The lowest BCUT2D eigenvalue weighted by Gasteiger charge is -2.09. The molecule has 0 aromatic rings. The molecule has 134 valence electrons. The first kappa shape index (κ1) is 22.8. The van der Waals surface area contributed by atoms with Crippen LogP contribution in [0.15, 0.2) is 24.3 Å². The largest absolute Gasteiger partial charge is 0.270 e. The normalized spacial score (nSPS) is 13.0. The number of hydrogen-bond donors (Lipinski definition) is 0. The molecule has 0 N–H and O–H groups in total. The van der Waals surface area contributed by atoms with Gasteiger partial charge in [-0.1, -0.05) is 63.3 Å². The second-order valence-electron chi connectivity index (χ2n) is 5.70. The lowest BCUT2D eigenvalue weighted by molar-refractivity contribution is -0.123. The van der Waals surface area contributed by atoms with Gasteiger partial charge in [0.2, 0.25) is 0 Å². The van der Waals surface area contributed by atoms with Gasteiger partial charge >= 0.3 is 0 Å². The van der Waals surface area contributed by atoms with Gasteiger partial charge < -0.3 is 0 Å². The first-order valence-electron chi connectivity index (χ1n) is 8.69. The number of halogens is 3. The van der Waals surface area contributed by atoms with Crippen molar-refractivity contribution in [2.24, 2.45) is 0 Å². The van der Waals surface area contributed by atoms with E-state index in [1.165, 1.54) is 32.1 Å². The molecule has 0 aromatic heterocycles. The van der Waals surface area contributed by atoms with Crippen molar-refractivity contribution in [3.8, 4) is 0 Å². The van der Waals surface area contributed by atoms with Gasteiger partial charge in [-0.15, -0.1) is 11.6 Å². The van der Waals surface area contributed by atoms with Gasteiger partial charge in [-0.25, -0.2) is 0 Å². The molecule has 0 bridgehead atoms. The molecule has 23 heavy (non-hydrogen) atoms. The molecule has 2 nitrogen and oxygen atoms in total. The Labute approximate surface area is 157 Å². The van der Waals surface area contributed by atoms with Crippen LogP contribution in [0.5, 0.6) is 0 Å². The molecule has 0 spiro atoms. The predicted octanol–water partition coefficient (Wildman–Crippen LogP) is 7.15. The van der Waals surface area contributed by atoms with Crippen molar-refractivity contribution in [1.82, 2.24) is 3.94 Å². The molecule has 1 amide bonds. The number of unbranched alkanes of at least 4 members (excludes halogenated alkanes) is 7. The summed E-state index contributed by atoms with van der Waals surface area (Å²) in [6.45, 7) is 2.23. The molecule has 1 atom stereocenters. The van der Waals surface area contributed by atoms with E-state index in [2.05, 4.69) is 31.2 Å². The van der Waals surface area contributed by atoms with Gasteiger partial charge in [0.25, 0.3) is 5.91 Å². The quantitative estimate of drug-likeness (QED) is 0.135. The van der Waals surface area contributed by atoms with Crippen molar-refractivity contribution in [3.63, 3.8) is 0 Å². The summed E-state index contributed by atoms with van der Waals surface area (Å²) in [5, 5.41) is -0.617. The second-order valence-corrected chi connectivity index (χ2v) is 7.08. The van der Waals surface area contributed by atoms with Crippen LogP contribution in [-0.4, -0.2) is 15.2 Å². The summed E-state index contributed by atoms with van der Waals surface area (Å²) in [4.78, 5) is 11.3. The molecule has 0 aliphatic heterocycles. The molecule has 5 heteroatoms. The van der Waals surface area contributed by atoms with Gasteiger partial charge in [-0.2, -0.15) is 3.94 Å². The summed E-state index contributed by atoms with van der Waals surface area (Å²) >= 11 is 16.6. The summed E-state index contributed by atoms with van der Waals surface area (Å²) in [6, 6.07) is 0. The highest BCUT2D eigenvalue weighted by Crippen LogP contribution is 2.16. The van der Waals surface area contributed by atoms with E-state index in [0.29, 0.717) is 10.4 Å². The fourth-order valence-electron chi connectivity index (χ4n) is 2.19. The second kappa shape index (κ2) is 16.7. The van der Waals surface area contributed by atoms with E-state index in [4.69, 9.17) is 35.2 Å². The molecule has 0 radical (unpaired) electrons. The number of amides is 1. The van der Waals surface area contributed by atoms with Crippen molar-refractivity contribution in [3.05, 3.63) is 24.3 Å². The Kier molecular flexibility index (Phi) is 16.5. The lowest BCUT2D eigenvalue weighted by Crippen LogP contribution is -2.22. The van der Waals surface area contributed by atoms with Crippen LogP contribution in [-0.2, 0) is 4.79 Å². The summed E-state index contributed by atoms with van der Waals surface area (Å²) in [5.41, 5.74) is 0. The zero-order valence-corrected chi connectivity index (χ0v) is 16.4. The molecule has 0 saturated carbocycles. The summed E-state index contributed by atoms with van der Waals surface area (Å²) in [6.07, 6.45) is 21.2. The van der Waals surface area contributed by atoms with Gasteiger partial charge in [-0.05, 0) is 38.5 Å². The highest BCUT2D eigenvalue weighted by atomic mass is 35.5. The van der Waals surface area contributed by atoms with Crippen LogP contribution in [0.25, 0.3) is 0 Å². The predicted molar refractivity (Wildman–Crippen MR) is 103 cm³/mol.